The van der Waals surface area contributed by atoms with Gasteiger partial charge < -0.3 is 19.0 Å². The average Bonchev–Trinajstić information content (AvgIpc) is 2.98. The maximum absolute atomic E-state index is 14.9. The number of hydrogen-bond acceptors (Lipinski definition) is 7. The van der Waals surface area contributed by atoms with Crippen LogP contribution in [-0.2, 0) is 39.0 Å². The lowest BCUT2D eigenvalue weighted by atomic mass is 9.34. The lowest BCUT2D eigenvalue weighted by molar-refractivity contribution is -0.286. The summed E-state index contributed by atoms with van der Waals surface area (Å²) in [6.07, 6.45) is -1.17. The molecule has 0 radical (unpaired) electrons. The molecular weight excluding hydrogens is 625 g/mol. The molecule has 11 atom stereocenters. The summed E-state index contributed by atoms with van der Waals surface area (Å²) < 4.78 is 61.7. The molecule has 0 spiro atoms. The maximum Gasteiger partial charge on any atom is 0.432 e. The van der Waals surface area contributed by atoms with Crippen LogP contribution in [0.5, 0.6) is 0 Å². The highest BCUT2D eigenvalue weighted by atomic mass is 19.4. The van der Waals surface area contributed by atoms with Crippen LogP contribution in [-0.4, -0.2) is 49.5 Å². The van der Waals surface area contributed by atoms with Crippen LogP contribution in [0.3, 0.4) is 0 Å². The van der Waals surface area contributed by atoms with Crippen molar-refractivity contribution in [2.24, 2.45) is 51.2 Å². The third-order valence-corrected chi connectivity index (χ3v) is 13.9. The van der Waals surface area contributed by atoms with E-state index in [9.17, 15) is 32.3 Å². The smallest absolute Gasteiger partial charge is 0.432 e. The molecule has 1 aromatic carbocycles. The van der Waals surface area contributed by atoms with Crippen molar-refractivity contribution in [2.45, 2.75) is 117 Å². The lowest BCUT2D eigenvalue weighted by Crippen LogP contribution is -2.70. The minimum atomic E-state index is -5.21. The van der Waals surface area contributed by atoms with E-state index in [1.165, 1.54) is 32.0 Å². The molecule has 0 saturated heterocycles. The first-order chi connectivity index (χ1) is 22.3. The standard InChI is InChI=1S/C38H51F3O7/c1-22(43)31-25(21-42)36(7)29(19-26(31)48-32(45)37(46-8,38(39,40)41)24-13-10-9-11-14-24)35(6)18-15-27-33(3,4)16-12-17-34(27,5)28(35)20-30(36)47-23(2)44/h9-11,13-14,21,25-31H,12,15-20H2,1-8H3/t25-,26-,27-,28+,29-,30-,31-,34-,35+,36+,37+/m0/s1. The fourth-order valence-corrected chi connectivity index (χ4v) is 11.9. The Balaban J connectivity index is 1.65. The van der Waals surface area contributed by atoms with Crippen molar-refractivity contribution in [1.82, 2.24) is 0 Å². The number of Topliss-reactive ketones (excluding diaryl/α,β-unsaturated/α-hetero) is 1. The molecule has 10 heteroatoms. The number of carbonyl (C=O) groups is 4. The minimum absolute atomic E-state index is 0.0399. The van der Waals surface area contributed by atoms with Gasteiger partial charge in [0.15, 0.2) is 0 Å². The Morgan fingerprint density at radius 1 is 0.854 bits per heavy atom. The number of esters is 2. The van der Waals surface area contributed by atoms with Crippen LogP contribution in [0.25, 0.3) is 0 Å². The third-order valence-electron chi connectivity index (χ3n) is 13.9. The molecule has 266 valence electrons. The van der Waals surface area contributed by atoms with Crippen LogP contribution in [0.2, 0.25) is 0 Å². The number of ether oxygens (including phenoxy) is 3. The Hall–Kier alpha value is -2.75. The highest BCUT2D eigenvalue weighted by Gasteiger charge is 2.72. The molecule has 1 aromatic rings. The van der Waals surface area contributed by atoms with Crippen LogP contribution >= 0.6 is 0 Å². The number of aldehydes is 1. The molecule has 0 aliphatic heterocycles. The normalized spacial score (nSPS) is 40.2. The van der Waals surface area contributed by atoms with Gasteiger partial charge in [-0.25, -0.2) is 4.79 Å². The number of halogens is 3. The summed E-state index contributed by atoms with van der Waals surface area (Å²) in [5.74, 6) is -4.96. The number of ketones is 1. The fourth-order valence-electron chi connectivity index (χ4n) is 11.9. The number of hydrogen-bond donors (Lipinski definition) is 0. The first kappa shape index (κ1) is 36.5. The molecule has 0 amide bonds. The van der Waals surface area contributed by atoms with Crippen molar-refractivity contribution < 1.29 is 46.6 Å². The van der Waals surface area contributed by atoms with E-state index in [1.54, 1.807) is 0 Å². The van der Waals surface area contributed by atoms with E-state index in [0.29, 0.717) is 18.6 Å². The topological polar surface area (TPSA) is 96.0 Å². The van der Waals surface area contributed by atoms with E-state index in [0.717, 1.165) is 51.3 Å². The van der Waals surface area contributed by atoms with Crippen LogP contribution < -0.4 is 0 Å². The van der Waals surface area contributed by atoms with Gasteiger partial charge in [0.25, 0.3) is 5.60 Å². The molecule has 4 aliphatic rings. The second-order valence-corrected chi connectivity index (χ2v) is 16.5. The molecule has 0 heterocycles. The van der Waals surface area contributed by atoms with Gasteiger partial charge in [-0.15, -0.1) is 0 Å². The van der Waals surface area contributed by atoms with Crippen molar-refractivity contribution in [3.63, 3.8) is 0 Å². The summed E-state index contributed by atoms with van der Waals surface area (Å²) in [5.41, 5.74) is -5.41. The quantitative estimate of drug-likeness (QED) is 0.216. The largest absolute Gasteiger partial charge is 0.462 e. The molecule has 0 N–H and O–H groups in total. The molecule has 0 unspecified atom stereocenters. The Morgan fingerprint density at radius 3 is 2.02 bits per heavy atom. The number of alkyl halides is 3. The van der Waals surface area contributed by atoms with Crippen molar-refractivity contribution in [1.29, 1.82) is 0 Å². The van der Waals surface area contributed by atoms with Crippen molar-refractivity contribution >= 4 is 24.0 Å². The van der Waals surface area contributed by atoms with Gasteiger partial charge in [-0.2, -0.15) is 13.2 Å². The molecule has 4 saturated carbocycles. The van der Waals surface area contributed by atoms with Crippen LogP contribution in [0.15, 0.2) is 30.3 Å². The highest BCUT2D eigenvalue weighted by Crippen LogP contribution is 2.74. The van der Waals surface area contributed by atoms with Gasteiger partial charge >= 0.3 is 18.1 Å². The average molecular weight is 677 g/mol. The zero-order valence-corrected chi connectivity index (χ0v) is 29.4. The SMILES string of the molecule is CO[C@@](C(=O)O[C@H]1C[C@H]2[C@]3(C)CC[C@H]4C(C)(C)CCC[C@]4(C)[C@H]3C[C@H](OC(C)=O)[C@]2(C)[C@@H](C=O)[C@@H]1C(C)=O)(c1ccccc1)C(F)(F)F. The zero-order chi connectivity index (χ0) is 35.7. The molecule has 0 bridgehead atoms. The van der Waals surface area contributed by atoms with E-state index >= 15 is 0 Å². The first-order valence-corrected chi connectivity index (χ1v) is 17.3. The Kier molecular flexibility index (Phi) is 9.31. The van der Waals surface area contributed by atoms with Gasteiger partial charge in [0.05, 0.1) is 5.92 Å². The summed E-state index contributed by atoms with van der Waals surface area (Å²) in [6, 6.07) is 6.56. The predicted octanol–water partition coefficient (Wildman–Crippen LogP) is 7.63. The van der Waals surface area contributed by atoms with Gasteiger partial charge in [0.2, 0.25) is 0 Å². The van der Waals surface area contributed by atoms with Gasteiger partial charge in [-0.3, -0.25) is 9.59 Å². The Labute approximate surface area is 282 Å². The fraction of sp³-hybridized carbons (Fsp3) is 0.737. The van der Waals surface area contributed by atoms with E-state index in [2.05, 4.69) is 27.7 Å². The summed E-state index contributed by atoms with van der Waals surface area (Å²) in [6.45, 7) is 13.7. The Bertz CT molecular complexity index is 1430. The summed E-state index contributed by atoms with van der Waals surface area (Å²) in [7, 11) is 0.803. The zero-order valence-electron chi connectivity index (χ0n) is 29.4. The van der Waals surface area contributed by atoms with E-state index < -0.39 is 75.9 Å². The van der Waals surface area contributed by atoms with Gasteiger partial charge in [0, 0.05) is 30.9 Å². The number of methoxy groups -OCH3 is 1. The third kappa shape index (κ3) is 5.25. The van der Waals surface area contributed by atoms with Crippen LogP contribution in [0, 0.1) is 51.2 Å². The number of benzene rings is 1. The molecule has 4 fully saturated rings. The highest BCUT2D eigenvalue weighted by molar-refractivity contribution is 5.86. The first-order valence-electron chi connectivity index (χ1n) is 17.3. The maximum atomic E-state index is 14.9. The predicted molar refractivity (Wildman–Crippen MR) is 171 cm³/mol. The molecule has 4 aliphatic carbocycles. The van der Waals surface area contributed by atoms with E-state index in [4.69, 9.17) is 14.2 Å². The minimum Gasteiger partial charge on any atom is -0.462 e. The lowest BCUT2D eigenvalue weighted by Gasteiger charge is -2.71. The van der Waals surface area contributed by atoms with Crippen LogP contribution in [0.4, 0.5) is 13.2 Å². The van der Waals surface area contributed by atoms with E-state index in [-0.39, 0.29) is 23.2 Å². The Morgan fingerprint density at radius 2 is 1.48 bits per heavy atom. The second kappa shape index (κ2) is 12.2. The molecule has 48 heavy (non-hydrogen) atoms. The van der Waals surface area contributed by atoms with Crippen molar-refractivity contribution in [2.75, 3.05) is 7.11 Å². The number of carbonyl (C=O) groups excluding carboxylic acids is 4. The number of fused-ring (bicyclic) bond motifs is 5. The number of rotatable bonds is 7. The summed E-state index contributed by atoms with van der Waals surface area (Å²) >= 11 is 0. The van der Waals surface area contributed by atoms with Crippen molar-refractivity contribution in [3.05, 3.63) is 35.9 Å². The summed E-state index contributed by atoms with van der Waals surface area (Å²) in [5, 5.41) is 0. The van der Waals surface area contributed by atoms with Crippen LogP contribution in [0.1, 0.15) is 99.0 Å². The van der Waals surface area contributed by atoms with Crippen molar-refractivity contribution in [3.8, 4) is 0 Å². The molecule has 0 aromatic heterocycles. The molecule has 5 rings (SSSR count). The summed E-state index contributed by atoms with van der Waals surface area (Å²) in [4.78, 5) is 53.3. The van der Waals surface area contributed by atoms with Gasteiger partial charge in [-0.05, 0) is 79.4 Å². The molecule has 7 nitrogen and oxygen atoms in total. The molecular formula is C38H51F3O7. The van der Waals surface area contributed by atoms with E-state index in [1.807, 2.05) is 6.92 Å². The second-order valence-electron chi connectivity index (χ2n) is 16.5. The monoisotopic (exact) mass is 676 g/mol. The van der Waals surface area contributed by atoms with Gasteiger partial charge in [-0.1, -0.05) is 71.4 Å². The van der Waals surface area contributed by atoms with Gasteiger partial charge in [0.1, 0.15) is 24.3 Å².